The second-order valence-electron chi connectivity index (χ2n) is 6.12. The van der Waals surface area contributed by atoms with E-state index in [1.807, 2.05) is 60.3 Å². The molecule has 3 N–H and O–H groups in total. The van der Waals surface area contributed by atoms with Crippen molar-refractivity contribution in [1.29, 1.82) is 0 Å². The third-order valence-corrected chi connectivity index (χ3v) is 4.53. The van der Waals surface area contributed by atoms with Gasteiger partial charge >= 0.3 is 0 Å². The van der Waals surface area contributed by atoms with Crippen LogP contribution in [0.3, 0.4) is 0 Å². The number of aliphatic hydroxyl groups excluding tert-OH is 1. The molecule has 6 nitrogen and oxygen atoms in total. The van der Waals surface area contributed by atoms with Crippen molar-refractivity contribution in [2.75, 3.05) is 10.6 Å². The van der Waals surface area contributed by atoms with E-state index in [-0.39, 0.29) is 6.04 Å². The van der Waals surface area contributed by atoms with Gasteiger partial charge in [-0.1, -0.05) is 11.6 Å². The van der Waals surface area contributed by atoms with Crippen molar-refractivity contribution < 1.29 is 5.11 Å². The van der Waals surface area contributed by atoms with Gasteiger partial charge in [0.15, 0.2) is 0 Å². The first-order valence-corrected chi connectivity index (χ1v) is 8.66. The van der Waals surface area contributed by atoms with Crippen LogP contribution < -0.4 is 10.6 Å². The summed E-state index contributed by atoms with van der Waals surface area (Å²) in [6.07, 6.45) is 6.70. The van der Waals surface area contributed by atoms with E-state index in [1.165, 1.54) is 0 Å². The van der Waals surface area contributed by atoms with Crippen molar-refractivity contribution in [3.63, 3.8) is 0 Å². The minimum Gasteiger partial charge on any atom is -0.370 e. The minimum absolute atomic E-state index is 0.176. The van der Waals surface area contributed by atoms with Gasteiger partial charge in [0.1, 0.15) is 12.0 Å². The van der Waals surface area contributed by atoms with Crippen molar-refractivity contribution in [1.82, 2.24) is 14.5 Å². The fourth-order valence-electron chi connectivity index (χ4n) is 2.96. The Balaban J connectivity index is 1.58. The van der Waals surface area contributed by atoms with Crippen LogP contribution in [0.15, 0.2) is 60.6 Å². The van der Waals surface area contributed by atoms with Crippen LogP contribution in [-0.4, -0.2) is 31.9 Å². The van der Waals surface area contributed by atoms with Crippen molar-refractivity contribution in [3.8, 4) is 5.82 Å². The molecule has 0 fully saturated rings. The smallest absolute Gasteiger partial charge is 0.225 e. The lowest BCUT2D eigenvalue weighted by Crippen LogP contribution is -2.34. The van der Waals surface area contributed by atoms with E-state index in [9.17, 15) is 5.11 Å². The number of hydrogen-bond donors (Lipinski definition) is 3. The summed E-state index contributed by atoms with van der Waals surface area (Å²) in [5.41, 5.74) is 2.58. The molecule has 26 heavy (non-hydrogen) atoms. The van der Waals surface area contributed by atoms with Gasteiger partial charge in [0.05, 0.1) is 6.04 Å². The van der Waals surface area contributed by atoms with Gasteiger partial charge < -0.3 is 20.3 Å². The SMILES string of the molecule is C[C@H](Nc1nccc(-n2cccc2)n1)C1=Cc2cc(Cl)ccc2NC1O. The average Bonchev–Trinajstić information content (AvgIpc) is 3.16. The summed E-state index contributed by atoms with van der Waals surface area (Å²) in [4.78, 5) is 8.81. The first kappa shape index (κ1) is 16.6. The Hall–Kier alpha value is -2.83. The molecule has 2 atom stereocenters. The molecule has 0 amide bonds. The van der Waals surface area contributed by atoms with E-state index in [4.69, 9.17) is 11.6 Å². The molecule has 4 rings (SSSR count). The van der Waals surface area contributed by atoms with Crippen LogP contribution in [0.4, 0.5) is 11.6 Å². The number of halogens is 1. The number of aliphatic hydroxyl groups is 1. The van der Waals surface area contributed by atoms with E-state index in [0.717, 1.165) is 22.6 Å². The molecular weight excluding hydrogens is 350 g/mol. The maximum absolute atomic E-state index is 10.4. The van der Waals surface area contributed by atoms with Gasteiger partial charge in [-0.15, -0.1) is 0 Å². The van der Waals surface area contributed by atoms with Crippen LogP contribution in [0.1, 0.15) is 12.5 Å². The number of nitrogens with one attached hydrogen (secondary N) is 2. The summed E-state index contributed by atoms with van der Waals surface area (Å²) in [5.74, 6) is 1.27. The maximum Gasteiger partial charge on any atom is 0.225 e. The Morgan fingerprint density at radius 2 is 2.08 bits per heavy atom. The van der Waals surface area contributed by atoms with Crippen LogP contribution in [-0.2, 0) is 0 Å². The quantitative estimate of drug-likeness (QED) is 0.657. The second-order valence-corrected chi connectivity index (χ2v) is 6.55. The van der Waals surface area contributed by atoms with Gasteiger partial charge in [-0.3, -0.25) is 0 Å². The number of rotatable bonds is 4. The fraction of sp³-hybridized carbons (Fsp3) is 0.158. The van der Waals surface area contributed by atoms with Crippen LogP contribution in [0.25, 0.3) is 11.9 Å². The molecule has 1 unspecified atom stereocenters. The standard InChI is InChI=1S/C19H18ClN5O/c1-12(15-11-13-10-14(20)4-5-16(13)23-18(15)26)22-19-21-7-6-17(24-19)25-8-2-3-9-25/h2-12,18,23,26H,1H3,(H,21,22,24)/t12-,18?/m0/s1. The van der Waals surface area contributed by atoms with Gasteiger partial charge in [-0.05, 0) is 55.0 Å². The van der Waals surface area contributed by atoms with Crippen molar-refractivity contribution >= 4 is 29.3 Å². The van der Waals surface area contributed by atoms with Gasteiger partial charge in [0.25, 0.3) is 0 Å². The van der Waals surface area contributed by atoms with Crippen LogP contribution >= 0.6 is 11.6 Å². The van der Waals surface area contributed by atoms with E-state index in [2.05, 4.69) is 20.6 Å². The molecule has 0 spiro atoms. The lowest BCUT2D eigenvalue weighted by Gasteiger charge is -2.28. The highest BCUT2D eigenvalue weighted by molar-refractivity contribution is 6.30. The van der Waals surface area contributed by atoms with E-state index in [0.29, 0.717) is 11.0 Å². The molecule has 0 saturated heterocycles. The normalized spacial score (nSPS) is 17.0. The predicted octanol–water partition coefficient (Wildman–Crippen LogP) is 3.55. The number of fused-ring (bicyclic) bond motifs is 1. The molecule has 7 heteroatoms. The largest absolute Gasteiger partial charge is 0.370 e. The summed E-state index contributed by atoms with van der Waals surface area (Å²) in [6.45, 7) is 1.96. The Labute approximate surface area is 156 Å². The number of hydrogen-bond acceptors (Lipinski definition) is 5. The molecule has 0 radical (unpaired) electrons. The Kier molecular flexibility index (Phi) is 4.36. The monoisotopic (exact) mass is 367 g/mol. The molecule has 3 aromatic rings. The molecule has 1 aromatic carbocycles. The summed E-state index contributed by atoms with van der Waals surface area (Å²) in [6, 6.07) is 11.1. The lowest BCUT2D eigenvalue weighted by atomic mass is 9.98. The maximum atomic E-state index is 10.4. The number of aromatic nitrogens is 3. The Bertz CT molecular complexity index is 954. The summed E-state index contributed by atoms with van der Waals surface area (Å²) in [7, 11) is 0. The summed E-state index contributed by atoms with van der Waals surface area (Å²) >= 11 is 6.08. The lowest BCUT2D eigenvalue weighted by molar-refractivity contribution is 0.234. The highest BCUT2D eigenvalue weighted by atomic mass is 35.5. The van der Waals surface area contributed by atoms with Crippen LogP contribution in [0, 0.1) is 0 Å². The highest BCUT2D eigenvalue weighted by Crippen LogP contribution is 2.30. The number of nitrogens with zero attached hydrogens (tertiary/aromatic N) is 3. The number of benzene rings is 1. The molecule has 0 bridgehead atoms. The van der Waals surface area contributed by atoms with Crippen molar-refractivity contribution in [3.05, 3.63) is 71.1 Å². The predicted molar refractivity (Wildman–Crippen MR) is 104 cm³/mol. The average molecular weight is 368 g/mol. The van der Waals surface area contributed by atoms with Crippen molar-refractivity contribution in [2.24, 2.45) is 0 Å². The van der Waals surface area contributed by atoms with Gasteiger partial charge in [0, 0.05) is 34.9 Å². The molecule has 1 aliphatic rings. The van der Waals surface area contributed by atoms with Gasteiger partial charge in [0.2, 0.25) is 5.95 Å². The Morgan fingerprint density at radius 3 is 2.88 bits per heavy atom. The molecular formula is C19H18ClN5O. The third-order valence-electron chi connectivity index (χ3n) is 4.30. The zero-order chi connectivity index (χ0) is 18.1. The van der Waals surface area contributed by atoms with E-state index >= 15 is 0 Å². The van der Waals surface area contributed by atoms with Crippen LogP contribution in [0.5, 0.6) is 0 Å². The molecule has 132 valence electrons. The third kappa shape index (κ3) is 3.29. The number of anilines is 2. The van der Waals surface area contributed by atoms with E-state index in [1.54, 1.807) is 12.3 Å². The van der Waals surface area contributed by atoms with Gasteiger partial charge in [-0.25, -0.2) is 4.98 Å². The highest BCUT2D eigenvalue weighted by Gasteiger charge is 2.23. The van der Waals surface area contributed by atoms with Crippen molar-refractivity contribution in [2.45, 2.75) is 19.2 Å². The minimum atomic E-state index is -0.793. The topological polar surface area (TPSA) is 75.0 Å². The molecule has 2 aromatic heterocycles. The molecule has 3 heterocycles. The second kappa shape index (κ2) is 6.82. The first-order chi connectivity index (χ1) is 12.6. The molecule has 0 saturated carbocycles. The van der Waals surface area contributed by atoms with E-state index < -0.39 is 6.23 Å². The first-order valence-electron chi connectivity index (χ1n) is 8.29. The molecule has 0 aliphatic carbocycles. The Morgan fingerprint density at radius 1 is 1.27 bits per heavy atom. The fourth-order valence-corrected chi connectivity index (χ4v) is 3.14. The zero-order valence-electron chi connectivity index (χ0n) is 14.1. The summed E-state index contributed by atoms with van der Waals surface area (Å²) < 4.78 is 1.91. The summed E-state index contributed by atoms with van der Waals surface area (Å²) in [5, 5.41) is 17.4. The van der Waals surface area contributed by atoms with Gasteiger partial charge in [-0.2, -0.15) is 4.98 Å². The molecule has 1 aliphatic heterocycles. The zero-order valence-corrected chi connectivity index (χ0v) is 14.9. The van der Waals surface area contributed by atoms with Crippen LogP contribution in [0.2, 0.25) is 5.02 Å².